The summed E-state index contributed by atoms with van der Waals surface area (Å²) >= 11 is 0. The molecule has 1 aromatic rings. The van der Waals surface area contributed by atoms with Gasteiger partial charge in [-0.25, -0.2) is 0 Å². The van der Waals surface area contributed by atoms with Gasteiger partial charge in [0.1, 0.15) is 0 Å². The highest BCUT2D eigenvalue weighted by atomic mass is 16.5. The molecule has 0 unspecified atom stereocenters. The van der Waals surface area contributed by atoms with Crippen molar-refractivity contribution in [3.8, 4) is 0 Å². The number of hydrogen-bond donors (Lipinski definition) is 0. The number of hydrogen-bond acceptors (Lipinski definition) is 3. The van der Waals surface area contributed by atoms with Crippen molar-refractivity contribution in [2.24, 2.45) is 0 Å². The predicted octanol–water partition coefficient (Wildman–Crippen LogP) is 2.02. The summed E-state index contributed by atoms with van der Waals surface area (Å²) in [6.07, 6.45) is 3.83. The number of benzene rings is 1. The molecule has 1 amide bonds. The Balaban J connectivity index is 1.59. The molecule has 0 radical (unpaired) electrons. The zero-order valence-corrected chi connectivity index (χ0v) is 12.5. The highest BCUT2D eigenvalue weighted by molar-refractivity contribution is 5.79. The Morgan fingerprint density at radius 1 is 1.29 bits per heavy atom. The van der Waals surface area contributed by atoms with E-state index in [1.807, 2.05) is 35.2 Å². The van der Waals surface area contributed by atoms with Crippen LogP contribution in [0.25, 0.3) is 0 Å². The minimum absolute atomic E-state index is 0.193. The number of carbonyl (C=O) groups is 1. The average molecular weight is 289 g/mol. The molecular formula is C17H23NO3. The molecule has 0 saturated carbocycles. The molecule has 2 saturated heterocycles. The van der Waals surface area contributed by atoms with E-state index in [1.54, 1.807) is 7.11 Å². The van der Waals surface area contributed by atoms with Crippen LogP contribution in [-0.4, -0.2) is 49.3 Å². The van der Waals surface area contributed by atoms with Gasteiger partial charge < -0.3 is 14.4 Å². The monoisotopic (exact) mass is 289 g/mol. The first-order chi connectivity index (χ1) is 10.3. The van der Waals surface area contributed by atoms with Gasteiger partial charge in [-0.15, -0.1) is 0 Å². The molecule has 3 rings (SSSR count). The van der Waals surface area contributed by atoms with Gasteiger partial charge in [-0.3, -0.25) is 4.79 Å². The van der Waals surface area contributed by atoms with Crippen LogP contribution in [0.4, 0.5) is 0 Å². The summed E-state index contributed by atoms with van der Waals surface area (Å²) in [6.45, 7) is 1.47. The molecule has 21 heavy (non-hydrogen) atoms. The Morgan fingerprint density at radius 2 is 2.10 bits per heavy atom. The van der Waals surface area contributed by atoms with Crippen LogP contribution >= 0.6 is 0 Å². The normalized spacial score (nSPS) is 28.4. The number of rotatable bonds is 4. The van der Waals surface area contributed by atoms with Gasteiger partial charge in [-0.05, 0) is 24.8 Å². The molecule has 4 heteroatoms. The Bertz CT molecular complexity index is 476. The molecule has 0 bridgehead atoms. The largest absolute Gasteiger partial charge is 0.382 e. The lowest BCUT2D eigenvalue weighted by atomic mass is 9.99. The fourth-order valence-corrected chi connectivity index (χ4v) is 3.49. The topological polar surface area (TPSA) is 38.8 Å². The third-order valence-corrected chi connectivity index (χ3v) is 4.51. The third-order valence-electron chi connectivity index (χ3n) is 4.51. The Morgan fingerprint density at radius 3 is 2.86 bits per heavy atom. The standard InChI is InChI=1S/C17H23NO3/c1-20-12-14-7-8-15-16(21-14)9-10-18(15)17(19)11-13-5-3-2-4-6-13/h2-6,14-16H,7-12H2,1H3/t14-,15+,16+/m0/s1. The lowest BCUT2D eigenvalue weighted by Crippen LogP contribution is -2.46. The van der Waals surface area contributed by atoms with Crippen molar-refractivity contribution in [3.63, 3.8) is 0 Å². The maximum atomic E-state index is 12.5. The second-order valence-electron chi connectivity index (χ2n) is 5.93. The number of nitrogens with zero attached hydrogens (tertiary/aromatic N) is 1. The molecule has 2 aliphatic heterocycles. The number of likely N-dealkylation sites (tertiary alicyclic amines) is 1. The summed E-state index contributed by atoms with van der Waals surface area (Å²) in [4.78, 5) is 14.6. The van der Waals surface area contributed by atoms with E-state index in [9.17, 15) is 4.79 Å². The number of carbonyl (C=O) groups excluding carboxylic acids is 1. The maximum absolute atomic E-state index is 12.5. The Kier molecular flexibility index (Phi) is 4.56. The molecule has 0 spiro atoms. The van der Waals surface area contributed by atoms with Crippen LogP contribution in [0.5, 0.6) is 0 Å². The molecule has 4 nitrogen and oxygen atoms in total. The maximum Gasteiger partial charge on any atom is 0.227 e. The first-order valence-corrected chi connectivity index (χ1v) is 7.75. The fourth-order valence-electron chi connectivity index (χ4n) is 3.49. The number of ether oxygens (including phenoxy) is 2. The van der Waals surface area contributed by atoms with E-state index < -0.39 is 0 Å². The summed E-state index contributed by atoms with van der Waals surface area (Å²) in [5.74, 6) is 0.225. The molecule has 3 atom stereocenters. The van der Waals surface area contributed by atoms with Crippen LogP contribution in [0.3, 0.4) is 0 Å². The third kappa shape index (κ3) is 3.27. The van der Waals surface area contributed by atoms with E-state index in [-0.39, 0.29) is 24.2 Å². The van der Waals surface area contributed by atoms with Crippen molar-refractivity contribution in [1.29, 1.82) is 0 Å². The van der Waals surface area contributed by atoms with Gasteiger partial charge in [0.05, 0.1) is 31.3 Å². The van der Waals surface area contributed by atoms with Crippen LogP contribution < -0.4 is 0 Å². The van der Waals surface area contributed by atoms with E-state index >= 15 is 0 Å². The Labute approximate surface area is 126 Å². The van der Waals surface area contributed by atoms with Crippen molar-refractivity contribution >= 4 is 5.91 Å². The minimum Gasteiger partial charge on any atom is -0.382 e. The summed E-state index contributed by atoms with van der Waals surface area (Å²) in [5.41, 5.74) is 1.08. The Hall–Kier alpha value is -1.39. The zero-order chi connectivity index (χ0) is 14.7. The first-order valence-electron chi connectivity index (χ1n) is 7.75. The predicted molar refractivity (Wildman–Crippen MR) is 80.0 cm³/mol. The van der Waals surface area contributed by atoms with Gasteiger partial charge in [0, 0.05) is 13.7 Å². The molecule has 2 aliphatic rings. The second kappa shape index (κ2) is 6.58. The summed E-state index contributed by atoms with van der Waals surface area (Å²) in [6, 6.07) is 10.2. The van der Waals surface area contributed by atoms with Crippen LogP contribution in [0.15, 0.2) is 30.3 Å². The van der Waals surface area contributed by atoms with Crippen molar-refractivity contribution in [2.75, 3.05) is 20.3 Å². The van der Waals surface area contributed by atoms with E-state index in [0.29, 0.717) is 13.0 Å². The fraction of sp³-hybridized carbons (Fsp3) is 0.588. The summed E-state index contributed by atoms with van der Waals surface area (Å²) in [5, 5.41) is 0. The van der Waals surface area contributed by atoms with Crippen LogP contribution in [-0.2, 0) is 20.7 Å². The second-order valence-corrected chi connectivity index (χ2v) is 5.93. The minimum atomic E-state index is 0.193. The molecule has 2 heterocycles. The quantitative estimate of drug-likeness (QED) is 0.851. The van der Waals surface area contributed by atoms with Gasteiger partial charge >= 0.3 is 0 Å². The van der Waals surface area contributed by atoms with Crippen molar-refractivity contribution in [1.82, 2.24) is 4.90 Å². The molecule has 0 N–H and O–H groups in total. The molecule has 114 valence electrons. The van der Waals surface area contributed by atoms with Gasteiger partial charge in [0.25, 0.3) is 0 Å². The summed E-state index contributed by atoms with van der Waals surface area (Å²) in [7, 11) is 1.71. The van der Waals surface area contributed by atoms with Crippen LogP contribution in [0, 0.1) is 0 Å². The van der Waals surface area contributed by atoms with E-state index in [1.165, 1.54) is 0 Å². The number of fused-ring (bicyclic) bond motifs is 1. The lowest BCUT2D eigenvalue weighted by molar-refractivity contribution is -0.137. The van der Waals surface area contributed by atoms with Gasteiger partial charge in [0.2, 0.25) is 5.91 Å². The van der Waals surface area contributed by atoms with Crippen LogP contribution in [0.1, 0.15) is 24.8 Å². The van der Waals surface area contributed by atoms with Crippen LogP contribution in [0.2, 0.25) is 0 Å². The zero-order valence-electron chi connectivity index (χ0n) is 12.5. The summed E-state index contributed by atoms with van der Waals surface area (Å²) < 4.78 is 11.2. The van der Waals surface area contributed by atoms with Crippen molar-refractivity contribution < 1.29 is 14.3 Å². The molecule has 0 aromatic heterocycles. The van der Waals surface area contributed by atoms with E-state index in [4.69, 9.17) is 9.47 Å². The molecule has 1 aromatic carbocycles. The first kappa shape index (κ1) is 14.5. The van der Waals surface area contributed by atoms with Crippen molar-refractivity contribution in [3.05, 3.63) is 35.9 Å². The van der Waals surface area contributed by atoms with Gasteiger partial charge in [-0.1, -0.05) is 30.3 Å². The highest BCUT2D eigenvalue weighted by Gasteiger charge is 2.41. The highest BCUT2D eigenvalue weighted by Crippen LogP contribution is 2.31. The lowest BCUT2D eigenvalue weighted by Gasteiger charge is -2.35. The van der Waals surface area contributed by atoms with E-state index in [0.717, 1.165) is 31.4 Å². The molecule has 2 fully saturated rings. The molecular weight excluding hydrogens is 266 g/mol. The molecule has 0 aliphatic carbocycles. The smallest absolute Gasteiger partial charge is 0.227 e. The number of methoxy groups -OCH3 is 1. The van der Waals surface area contributed by atoms with E-state index in [2.05, 4.69) is 0 Å². The van der Waals surface area contributed by atoms with Gasteiger partial charge in [0.15, 0.2) is 0 Å². The number of amides is 1. The SMILES string of the molecule is COC[C@@H]1CC[C@@H]2[C@@H](CCN2C(=O)Cc2ccccc2)O1. The van der Waals surface area contributed by atoms with Crippen molar-refractivity contribution in [2.45, 2.75) is 43.9 Å². The van der Waals surface area contributed by atoms with Gasteiger partial charge in [-0.2, -0.15) is 0 Å². The average Bonchev–Trinajstić information content (AvgIpc) is 2.92.